The van der Waals surface area contributed by atoms with Gasteiger partial charge >= 0.3 is 0 Å². The van der Waals surface area contributed by atoms with Crippen molar-refractivity contribution in [2.24, 2.45) is 0 Å². The molecule has 2 aromatic rings. The lowest BCUT2D eigenvalue weighted by atomic mass is 10.1. The van der Waals surface area contributed by atoms with Crippen LogP contribution in [0.25, 0.3) is 0 Å². The van der Waals surface area contributed by atoms with Crippen molar-refractivity contribution in [2.45, 2.75) is 31.8 Å². The normalized spacial score (nSPS) is 19.9. The van der Waals surface area contributed by atoms with Gasteiger partial charge in [-0.15, -0.1) is 12.4 Å². The van der Waals surface area contributed by atoms with Gasteiger partial charge in [-0.05, 0) is 49.2 Å². The van der Waals surface area contributed by atoms with E-state index >= 15 is 0 Å². The van der Waals surface area contributed by atoms with Gasteiger partial charge in [0.25, 0.3) is 0 Å². The number of hydrogen-bond acceptors (Lipinski definition) is 3. The highest BCUT2D eigenvalue weighted by Crippen LogP contribution is 2.24. The minimum absolute atomic E-state index is 0. The van der Waals surface area contributed by atoms with Crippen LogP contribution in [-0.4, -0.2) is 65.9 Å². The Labute approximate surface area is 201 Å². The standard InChI is InChI=1S/C24H29Cl2N3O.ClH/c25-22-9-8-20(14-23(22)26)15-24(30)29-13-12-28(16-19-6-2-1-3-7-19)18-21(29)17-27-10-4-5-11-27;/h1-3,6-9,14,21H,4-5,10-13,15-18H2;1H/t21-;/m1./s1. The van der Waals surface area contributed by atoms with Crippen LogP contribution in [0.2, 0.25) is 10.0 Å². The average molecular weight is 483 g/mol. The predicted molar refractivity (Wildman–Crippen MR) is 130 cm³/mol. The van der Waals surface area contributed by atoms with Gasteiger partial charge in [0.05, 0.1) is 22.5 Å². The van der Waals surface area contributed by atoms with E-state index in [9.17, 15) is 4.79 Å². The second-order valence-corrected chi connectivity index (χ2v) is 9.21. The second kappa shape index (κ2) is 11.5. The fraction of sp³-hybridized carbons (Fsp3) is 0.458. The first kappa shape index (κ1) is 24.3. The van der Waals surface area contributed by atoms with Crippen LogP contribution in [0.15, 0.2) is 48.5 Å². The highest BCUT2D eigenvalue weighted by Gasteiger charge is 2.32. The minimum Gasteiger partial charge on any atom is -0.336 e. The Balaban J connectivity index is 0.00000272. The summed E-state index contributed by atoms with van der Waals surface area (Å²) in [5.41, 5.74) is 2.24. The van der Waals surface area contributed by atoms with Crippen molar-refractivity contribution in [3.63, 3.8) is 0 Å². The fourth-order valence-corrected chi connectivity index (χ4v) is 4.90. The number of piperazine rings is 1. The lowest BCUT2D eigenvalue weighted by Gasteiger charge is -2.43. The molecule has 0 spiro atoms. The summed E-state index contributed by atoms with van der Waals surface area (Å²) in [6.07, 6.45) is 2.89. The van der Waals surface area contributed by atoms with Gasteiger partial charge in [0.15, 0.2) is 0 Å². The van der Waals surface area contributed by atoms with E-state index in [1.165, 1.54) is 18.4 Å². The zero-order valence-electron chi connectivity index (χ0n) is 17.7. The monoisotopic (exact) mass is 481 g/mol. The van der Waals surface area contributed by atoms with Crippen LogP contribution in [0.4, 0.5) is 0 Å². The smallest absolute Gasteiger partial charge is 0.227 e. The van der Waals surface area contributed by atoms with Crippen LogP contribution in [0, 0.1) is 0 Å². The Hall–Kier alpha value is -1.30. The minimum atomic E-state index is 0. The summed E-state index contributed by atoms with van der Waals surface area (Å²) in [6.45, 7) is 6.76. The van der Waals surface area contributed by atoms with Gasteiger partial charge in [-0.3, -0.25) is 9.69 Å². The van der Waals surface area contributed by atoms with Gasteiger partial charge < -0.3 is 9.80 Å². The molecule has 1 amide bonds. The number of likely N-dealkylation sites (tertiary alicyclic amines) is 1. The van der Waals surface area contributed by atoms with Crippen LogP contribution in [-0.2, 0) is 17.8 Å². The van der Waals surface area contributed by atoms with Crippen LogP contribution in [0.1, 0.15) is 24.0 Å². The molecule has 168 valence electrons. The third kappa shape index (κ3) is 6.59. The molecule has 0 radical (unpaired) electrons. The number of hydrogen-bond donors (Lipinski definition) is 0. The van der Waals surface area contributed by atoms with E-state index in [-0.39, 0.29) is 24.4 Å². The second-order valence-electron chi connectivity index (χ2n) is 8.39. The van der Waals surface area contributed by atoms with E-state index in [1.807, 2.05) is 12.1 Å². The molecule has 0 N–H and O–H groups in total. The molecule has 0 aliphatic carbocycles. The number of nitrogens with zero attached hydrogens (tertiary/aromatic N) is 3. The van der Waals surface area contributed by atoms with Crippen molar-refractivity contribution in [3.05, 3.63) is 69.7 Å². The first-order valence-corrected chi connectivity index (χ1v) is 11.6. The first-order valence-electron chi connectivity index (χ1n) is 10.8. The first-order chi connectivity index (χ1) is 14.6. The molecule has 0 bridgehead atoms. The number of rotatable bonds is 6. The van der Waals surface area contributed by atoms with Crippen molar-refractivity contribution in [3.8, 4) is 0 Å². The Morgan fingerprint density at radius 3 is 2.32 bits per heavy atom. The molecule has 2 aliphatic heterocycles. The number of amides is 1. The van der Waals surface area contributed by atoms with Gasteiger partial charge in [0.1, 0.15) is 0 Å². The quantitative estimate of drug-likeness (QED) is 0.593. The van der Waals surface area contributed by atoms with Crippen molar-refractivity contribution in [1.29, 1.82) is 0 Å². The molecule has 0 aromatic heterocycles. The summed E-state index contributed by atoms with van der Waals surface area (Å²) < 4.78 is 0. The fourth-order valence-electron chi connectivity index (χ4n) is 4.58. The van der Waals surface area contributed by atoms with Gasteiger partial charge in [-0.2, -0.15) is 0 Å². The molecule has 1 atom stereocenters. The third-order valence-electron chi connectivity index (χ3n) is 6.14. The molecule has 7 heteroatoms. The zero-order chi connectivity index (χ0) is 20.9. The zero-order valence-corrected chi connectivity index (χ0v) is 20.0. The molecule has 4 nitrogen and oxygen atoms in total. The van der Waals surface area contributed by atoms with E-state index < -0.39 is 0 Å². The number of carbonyl (C=O) groups excluding carboxylic acids is 1. The van der Waals surface area contributed by atoms with Crippen LogP contribution >= 0.6 is 35.6 Å². The Bertz CT molecular complexity index is 858. The van der Waals surface area contributed by atoms with Crippen molar-refractivity contribution in [1.82, 2.24) is 14.7 Å². The summed E-state index contributed by atoms with van der Waals surface area (Å²) >= 11 is 12.2. The molecule has 31 heavy (non-hydrogen) atoms. The van der Waals surface area contributed by atoms with Crippen LogP contribution < -0.4 is 0 Å². The van der Waals surface area contributed by atoms with Gasteiger partial charge in [0, 0.05) is 32.7 Å². The molecule has 2 saturated heterocycles. The molecule has 0 saturated carbocycles. The summed E-state index contributed by atoms with van der Waals surface area (Å²) in [4.78, 5) is 20.3. The van der Waals surface area contributed by atoms with Crippen molar-refractivity contribution in [2.75, 3.05) is 39.3 Å². The van der Waals surface area contributed by atoms with Crippen molar-refractivity contribution >= 4 is 41.5 Å². The van der Waals surface area contributed by atoms with Crippen LogP contribution in [0.3, 0.4) is 0 Å². The number of carbonyl (C=O) groups is 1. The molecule has 2 aliphatic rings. The van der Waals surface area contributed by atoms with E-state index in [1.54, 1.807) is 6.07 Å². The molecule has 4 rings (SSSR count). The van der Waals surface area contributed by atoms with Gasteiger partial charge in [-0.1, -0.05) is 59.6 Å². The van der Waals surface area contributed by atoms with E-state index in [0.29, 0.717) is 16.5 Å². The van der Waals surface area contributed by atoms with Gasteiger partial charge in [-0.25, -0.2) is 0 Å². The largest absolute Gasteiger partial charge is 0.336 e. The Morgan fingerprint density at radius 1 is 0.871 bits per heavy atom. The highest BCUT2D eigenvalue weighted by atomic mass is 35.5. The average Bonchev–Trinajstić information content (AvgIpc) is 3.25. The predicted octanol–water partition coefficient (Wildman–Crippen LogP) is 4.77. The molecular weight excluding hydrogens is 453 g/mol. The maximum absolute atomic E-state index is 13.2. The lowest BCUT2D eigenvalue weighted by molar-refractivity contribution is -0.136. The molecule has 2 fully saturated rings. The van der Waals surface area contributed by atoms with E-state index in [4.69, 9.17) is 23.2 Å². The topological polar surface area (TPSA) is 26.8 Å². The highest BCUT2D eigenvalue weighted by molar-refractivity contribution is 6.42. The summed E-state index contributed by atoms with van der Waals surface area (Å²) in [5, 5.41) is 1.03. The molecular formula is C24H30Cl3N3O. The van der Waals surface area contributed by atoms with Crippen LogP contribution in [0.5, 0.6) is 0 Å². The Kier molecular flexibility index (Phi) is 9.06. The maximum Gasteiger partial charge on any atom is 0.227 e. The SMILES string of the molecule is Cl.O=C(Cc1ccc(Cl)c(Cl)c1)N1CCN(Cc2ccccc2)C[C@H]1CN1CCCC1. The molecule has 2 aromatic carbocycles. The molecule has 0 unspecified atom stereocenters. The summed E-state index contributed by atoms with van der Waals surface area (Å²) in [5.74, 6) is 0.178. The summed E-state index contributed by atoms with van der Waals surface area (Å²) in [6, 6.07) is 16.3. The van der Waals surface area contributed by atoms with E-state index in [0.717, 1.165) is 51.4 Å². The molecule has 2 heterocycles. The van der Waals surface area contributed by atoms with Crippen molar-refractivity contribution < 1.29 is 4.79 Å². The number of halogens is 3. The maximum atomic E-state index is 13.2. The third-order valence-corrected chi connectivity index (χ3v) is 6.88. The lowest BCUT2D eigenvalue weighted by Crippen LogP contribution is -2.58. The van der Waals surface area contributed by atoms with Gasteiger partial charge in [0.2, 0.25) is 5.91 Å². The van der Waals surface area contributed by atoms with E-state index in [2.05, 4.69) is 45.0 Å². The number of benzene rings is 2. The summed E-state index contributed by atoms with van der Waals surface area (Å²) in [7, 11) is 0. The Morgan fingerprint density at radius 2 is 1.61 bits per heavy atom.